The summed E-state index contributed by atoms with van der Waals surface area (Å²) in [6.45, 7) is 5.31. The van der Waals surface area contributed by atoms with Crippen molar-refractivity contribution >= 4 is 5.91 Å². The molecule has 0 spiro atoms. The monoisotopic (exact) mass is 442 g/mol. The quantitative estimate of drug-likeness (QED) is 0.576. The molecule has 0 saturated carbocycles. The molecule has 2 aromatic carbocycles. The number of benzene rings is 2. The van der Waals surface area contributed by atoms with Crippen LogP contribution in [0.25, 0.3) is 0 Å². The summed E-state index contributed by atoms with van der Waals surface area (Å²) < 4.78 is 22.2. The standard InChI is InChI=1S/C25H34N2O5/c1-19(32-23-9-7-22(29-3)8-10-23)25(28)26-18-20-5-4-6-24(17-20)31-16-13-27(2)21-11-14-30-15-12-21/h4-10,17,19,21H,11-16,18H2,1-3H3,(H,26,28). The van der Waals surface area contributed by atoms with Crippen LogP contribution in [-0.2, 0) is 16.1 Å². The number of carbonyl (C=O) groups is 1. The number of hydrogen-bond acceptors (Lipinski definition) is 6. The van der Waals surface area contributed by atoms with Crippen molar-refractivity contribution in [2.45, 2.75) is 38.5 Å². The van der Waals surface area contributed by atoms with E-state index in [4.69, 9.17) is 18.9 Å². The Morgan fingerprint density at radius 1 is 1.12 bits per heavy atom. The first-order chi connectivity index (χ1) is 15.5. The van der Waals surface area contributed by atoms with Crippen LogP contribution in [0.5, 0.6) is 17.2 Å². The van der Waals surface area contributed by atoms with E-state index >= 15 is 0 Å². The lowest BCUT2D eigenvalue weighted by Gasteiger charge is -2.31. The highest BCUT2D eigenvalue weighted by Crippen LogP contribution is 2.18. The van der Waals surface area contributed by atoms with E-state index in [0.717, 1.165) is 49.7 Å². The van der Waals surface area contributed by atoms with E-state index in [1.54, 1.807) is 38.3 Å². The second-order valence-corrected chi connectivity index (χ2v) is 7.97. The summed E-state index contributed by atoms with van der Waals surface area (Å²) in [4.78, 5) is 14.8. The minimum Gasteiger partial charge on any atom is -0.497 e. The molecule has 1 atom stereocenters. The maximum absolute atomic E-state index is 12.4. The minimum absolute atomic E-state index is 0.176. The molecule has 1 unspecified atom stereocenters. The number of ether oxygens (including phenoxy) is 4. The predicted molar refractivity (Wildman–Crippen MR) is 123 cm³/mol. The molecule has 7 heteroatoms. The number of nitrogens with one attached hydrogen (secondary N) is 1. The maximum atomic E-state index is 12.4. The lowest BCUT2D eigenvalue weighted by molar-refractivity contribution is -0.127. The Hall–Kier alpha value is -2.77. The smallest absolute Gasteiger partial charge is 0.261 e. The average Bonchev–Trinajstić information content (AvgIpc) is 2.83. The predicted octanol–water partition coefficient (Wildman–Crippen LogP) is 3.27. The van der Waals surface area contributed by atoms with E-state index in [-0.39, 0.29) is 5.91 Å². The molecule has 0 aromatic heterocycles. The van der Waals surface area contributed by atoms with Gasteiger partial charge < -0.3 is 24.3 Å². The van der Waals surface area contributed by atoms with Crippen molar-refractivity contribution in [2.24, 2.45) is 0 Å². The first-order valence-electron chi connectivity index (χ1n) is 11.1. The van der Waals surface area contributed by atoms with Crippen LogP contribution in [0.15, 0.2) is 48.5 Å². The Balaban J connectivity index is 1.40. The van der Waals surface area contributed by atoms with Crippen LogP contribution >= 0.6 is 0 Å². The molecule has 1 fully saturated rings. The van der Waals surface area contributed by atoms with Crippen LogP contribution in [-0.4, -0.2) is 63.5 Å². The molecule has 2 aromatic rings. The van der Waals surface area contributed by atoms with Crippen LogP contribution in [0.2, 0.25) is 0 Å². The van der Waals surface area contributed by atoms with E-state index in [1.807, 2.05) is 24.3 Å². The zero-order chi connectivity index (χ0) is 22.8. The Morgan fingerprint density at radius 2 is 1.84 bits per heavy atom. The number of rotatable bonds is 11. The highest BCUT2D eigenvalue weighted by molar-refractivity contribution is 5.80. The van der Waals surface area contributed by atoms with Gasteiger partial charge in [0, 0.05) is 32.3 Å². The fourth-order valence-electron chi connectivity index (χ4n) is 3.61. The third-order valence-electron chi connectivity index (χ3n) is 5.63. The van der Waals surface area contributed by atoms with Crippen LogP contribution in [0, 0.1) is 0 Å². The van der Waals surface area contributed by atoms with Gasteiger partial charge in [0.25, 0.3) is 5.91 Å². The van der Waals surface area contributed by atoms with Gasteiger partial charge in [-0.15, -0.1) is 0 Å². The molecule has 1 aliphatic heterocycles. The summed E-state index contributed by atoms with van der Waals surface area (Å²) >= 11 is 0. The largest absolute Gasteiger partial charge is 0.497 e. The van der Waals surface area contributed by atoms with E-state index in [1.165, 1.54) is 0 Å². The molecule has 0 aliphatic carbocycles. The zero-order valence-corrected chi connectivity index (χ0v) is 19.2. The number of hydrogen-bond donors (Lipinski definition) is 1. The third kappa shape index (κ3) is 7.43. The van der Waals surface area contributed by atoms with Crippen molar-refractivity contribution in [1.29, 1.82) is 0 Å². The molecule has 1 aliphatic rings. The van der Waals surface area contributed by atoms with Gasteiger partial charge in [0.2, 0.25) is 0 Å². The lowest BCUT2D eigenvalue weighted by atomic mass is 10.1. The SMILES string of the molecule is COc1ccc(OC(C)C(=O)NCc2cccc(OCCN(C)C3CCOCC3)c2)cc1. The maximum Gasteiger partial charge on any atom is 0.261 e. The summed E-state index contributed by atoms with van der Waals surface area (Å²) in [5.41, 5.74) is 0.977. The average molecular weight is 443 g/mol. The molecule has 3 rings (SSSR count). The number of amides is 1. The van der Waals surface area contributed by atoms with Gasteiger partial charge in [0.05, 0.1) is 7.11 Å². The number of carbonyl (C=O) groups excluding carboxylic acids is 1. The normalized spacial score (nSPS) is 15.2. The summed E-state index contributed by atoms with van der Waals surface area (Å²) in [5, 5.41) is 2.92. The van der Waals surface area contributed by atoms with E-state index in [2.05, 4.69) is 17.3 Å². The Kier molecular flexibility index (Phi) is 9.19. The molecular weight excluding hydrogens is 408 g/mol. The molecule has 174 valence electrons. The number of nitrogens with zero attached hydrogens (tertiary/aromatic N) is 1. The fourth-order valence-corrected chi connectivity index (χ4v) is 3.61. The van der Waals surface area contributed by atoms with Crippen molar-refractivity contribution in [3.63, 3.8) is 0 Å². The fraction of sp³-hybridized carbons (Fsp3) is 0.480. The summed E-state index contributed by atoms with van der Waals surface area (Å²) in [6, 6.07) is 15.5. The van der Waals surface area contributed by atoms with E-state index in [9.17, 15) is 4.79 Å². The number of likely N-dealkylation sites (N-methyl/N-ethyl adjacent to an activating group) is 1. The molecule has 7 nitrogen and oxygen atoms in total. The van der Waals surface area contributed by atoms with Gasteiger partial charge in [-0.1, -0.05) is 12.1 Å². The number of methoxy groups -OCH3 is 1. The zero-order valence-electron chi connectivity index (χ0n) is 19.2. The first kappa shape index (κ1) is 23.9. The molecule has 32 heavy (non-hydrogen) atoms. The lowest BCUT2D eigenvalue weighted by Crippen LogP contribution is -2.38. The second kappa shape index (κ2) is 12.3. The molecule has 1 saturated heterocycles. The topological polar surface area (TPSA) is 69.3 Å². The molecule has 0 bridgehead atoms. The van der Waals surface area contributed by atoms with Crippen molar-refractivity contribution < 1.29 is 23.7 Å². The molecule has 0 radical (unpaired) electrons. The van der Waals surface area contributed by atoms with Gasteiger partial charge in [-0.25, -0.2) is 0 Å². The van der Waals surface area contributed by atoms with Crippen molar-refractivity contribution in [3.05, 3.63) is 54.1 Å². The molecule has 1 amide bonds. The second-order valence-electron chi connectivity index (χ2n) is 7.97. The van der Waals surface area contributed by atoms with Crippen LogP contribution in [0.1, 0.15) is 25.3 Å². The van der Waals surface area contributed by atoms with Crippen LogP contribution in [0.4, 0.5) is 0 Å². The Labute approximate surface area is 190 Å². The summed E-state index contributed by atoms with van der Waals surface area (Å²) in [7, 11) is 3.75. The minimum atomic E-state index is -0.608. The molecule has 1 heterocycles. The van der Waals surface area contributed by atoms with Gasteiger partial charge in [-0.05, 0) is 68.8 Å². The highest BCUT2D eigenvalue weighted by Gasteiger charge is 2.18. The Morgan fingerprint density at radius 3 is 2.56 bits per heavy atom. The summed E-state index contributed by atoms with van der Waals surface area (Å²) in [6.07, 6.45) is 1.54. The summed E-state index contributed by atoms with van der Waals surface area (Å²) in [5.74, 6) is 1.99. The van der Waals surface area contributed by atoms with Crippen LogP contribution in [0.3, 0.4) is 0 Å². The molecule has 1 N–H and O–H groups in total. The van der Waals surface area contributed by atoms with Gasteiger partial charge >= 0.3 is 0 Å². The van der Waals surface area contributed by atoms with E-state index in [0.29, 0.717) is 24.9 Å². The van der Waals surface area contributed by atoms with Crippen molar-refractivity contribution in [3.8, 4) is 17.2 Å². The first-order valence-corrected chi connectivity index (χ1v) is 11.1. The van der Waals surface area contributed by atoms with E-state index < -0.39 is 6.10 Å². The van der Waals surface area contributed by atoms with Gasteiger partial charge in [-0.2, -0.15) is 0 Å². The van der Waals surface area contributed by atoms with Gasteiger partial charge in [-0.3, -0.25) is 9.69 Å². The highest BCUT2D eigenvalue weighted by atomic mass is 16.5. The third-order valence-corrected chi connectivity index (χ3v) is 5.63. The van der Waals surface area contributed by atoms with Gasteiger partial charge in [0.15, 0.2) is 6.10 Å². The van der Waals surface area contributed by atoms with Crippen molar-refractivity contribution in [2.75, 3.05) is 40.5 Å². The van der Waals surface area contributed by atoms with Crippen molar-refractivity contribution in [1.82, 2.24) is 10.2 Å². The van der Waals surface area contributed by atoms with Crippen LogP contribution < -0.4 is 19.5 Å². The Bertz CT molecular complexity index is 836. The van der Waals surface area contributed by atoms with Gasteiger partial charge in [0.1, 0.15) is 23.9 Å². The molecular formula is C25H34N2O5.